The highest BCUT2D eigenvalue weighted by Crippen LogP contribution is 2.34. The molecule has 194 valence electrons. The standard InChI is InChI=1S/C29H36F3N3O/c1-21(17-23-8-6-9-24-19-34(14-13-26(23)24)18-22-11-12-22)28(36)35(16-15-33(2)3)20-25-7-4-5-10-27(25)29(30,31)32/h4-10,17,22H,11-16,18-20H2,1-3H3. The van der Waals surface area contributed by atoms with Crippen molar-refractivity contribution in [1.29, 1.82) is 0 Å². The number of fused-ring (bicyclic) bond motifs is 1. The van der Waals surface area contributed by atoms with Crippen LogP contribution in [-0.2, 0) is 30.5 Å². The summed E-state index contributed by atoms with van der Waals surface area (Å²) in [5.74, 6) is 0.614. The Morgan fingerprint density at radius 1 is 1.08 bits per heavy atom. The fraction of sp³-hybridized carbons (Fsp3) is 0.483. The normalized spacial score (nSPS) is 16.8. The van der Waals surface area contributed by atoms with E-state index in [2.05, 4.69) is 11.0 Å². The Morgan fingerprint density at radius 3 is 2.53 bits per heavy atom. The van der Waals surface area contributed by atoms with Crippen LogP contribution < -0.4 is 0 Å². The minimum atomic E-state index is -4.46. The molecule has 0 saturated heterocycles. The number of carbonyl (C=O) groups excluding carboxylic acids is 1. The van der Waals surface area contributed by atoms with Gasteiger partial charge in [-0.15, -0.1) is 0 Å². The Bertz CT molecular complexity index is 1110. The number of amides is 1. The number of likely N-dealkylation sites (N-methyl/N-ethyl adjacent to an activating group) is 1. The van der Waals surface area contributed by atoms with E-state index >= 15 is 0 Å². The molecular weight excluding hydrogens is 463 g/mol. The molecule has 7 heteroatoms. The fourth-order valence-electron chi connectivity index (χ4n) is 4.91. The van der Waals surface area contributed by atoms with Gasteiger partial charge >= 0.3 is 6.18 Å². The lowest BCUT2D eigenvalue weighted by molar-refractivity contribution is -0.139. The molecule has 0 bridgehead atoms. The smallest absolute Gasteiger partial charge is 0.333 e. The van der Waals surface area contributed by atoms with Crippen molar-refractivity contribution < 1.29 is 18.0 Å². The SMILES string of the molecule is CC(=Cc1cccc2c1CCN(CC1CC1)C2)C(=O)N(CCN(C)C)Cc1ccccc1C(F)(F)F. The van der Waals surface area contributed by atoms with Gasteiger partial charge in [-0.05, 0) is 80.6 Å². The average Bonchev–Trinajstić information content (AvgIpc) is 3.65. The lowest BCUT2D eigenvalue weighted by Crippen LogP contribution is -2.37. The maximum atomic E-state index is 13.6. The van der Waals surface area contributed by atoms with Crippen LogP contribution in [0.5, 0.6) is 0 Å². The van der Waals surface area contributed by atoms with Crippen LogP contribution in [0.4, 0.5) is 13.2 Å². The number of benzene rings is 2. The van der Waals surface area contributed by atoms with E-state index < -0.39 is 11.7 Å². The molecule has 0 radical (unpaired) electrons. The topological polar surface area (TPSA) is 26.8 Å². The van der Waals surface area contributed by atoms with E-state index in [4.69, 9.17) is 0 Å². The molecule has 0 unspecified atom stereocenters. The van der Waals surface area contributed by atoms with E-state index in [0.717, 1.165) is 43.6 Å². The summed E-state index contributed by atoms with van der Waals surface area (Å²) < 4.78 is 40.8. The maximum Gasteiger partial charge on any atom is 0.416 e. The Hall–Kier alpha value is -2.64. The number of rotatable bonds is 9. The molecule has 1 saturated carbocycles. The van der Waals surface area contributed by atoms with Crippen LogP contribution in [0.15, 0.2) is 48.0 Å². The molecule has 2 aromatic carbocycles. The third-order valence-electron chi connectivity index (χ3n) is 7.09. The van der Waals surface area contributed by atoms with Crippen LogP contribution in [0.1, 0.15) is 47.6 Å². The molecule has 4 rings (SSSR count). The minimum Gasteiger partial charge on any atom is -0.333 e. The molecule has 1 fully saturated rings. The van der Waals surface area contributed by atoms with Crippen molar-refractivity contribution in [2.75, 3.05) is 40.3 Å². The van der Waals surface area contributed by atoms with Gasteiger partial charge < -0.3 is 9.80 Å². The summed E-state index contributed by atoms with van der Waals surface area (Å²) in [4.78, 5) is 19.5. The third-order valence-corrected chi connectivity index (χ3v) is 7.09. The van der Waals surface area contributed by atoms with Gasteiger partial charge in [0, 0.05) is 44.8 Å². The van der Waals surface area contributed by atoms with Crippen molar-refractivity contribution in [3.63, 3.8) is 0 Å². The van der Waals surface area contributed by atoms with Gasteiger partial charge in [0.25, 0.3) is 0 Å². The average molecular weight is 500 g/mol. The Balaban J connectivity index is 1.55. The lowest BCUT2D eigenvalue weighted by Gasteiger charge is -2.30. The Kier molecular flexibility index (Phi) is 8.20. The van der Waals surface area contributed by atoms with E-state index in [1.165, 1.54) is 41.0 Å². The summed E-state index contributed by atoms with van der Waals surface area (Å²) in [6, 6.07) is 11.7. The zero-order valence-corrected chi connectivity index (χ0v) is 21.4. The molecule has 4 nitrogen and oxygen atoms in total. The summed E-state index contributed by atoms with van der Waals surface area (Å²) in [6.07, 6.45) is 1.07. The van der Waals surface area contributed by atoms with Crippen LogP contribution in [0, 0.1) is 5.92 Å². The van der Waals surface area contributed by atoms with Gasteiger partial charge in [0.05, 0.1) is 5.56 Å². The first kappa shape index (κ1) is 26.4. The first-order chi connectivity index (χ1) is 17.1. The maximum absolute atomic E-state index is 13.6. The summed E-state index contributed by atoms with van der Waals surface area (Å²) in [5, 5.41) is 0. The van der Waals surface area contributed by atoms with Crippen molar-refractivity contribution in [1.82, 2.24) is 14.7 Å². The third kappa shape index (κ3) is 6.77. The molecule has 0 atom stereocenters. The highest BCUT2D eigenvalue weighted by Gasteiger charge is 2.34. The number of halogens is 3. The second-order valence-electron chi connectivity index (χ2n) is 10.4. The number of carbonyl (C=O) groups is 1. The molecule has 1 aliphatic carbocycles. The van der Waals surface area contributed by atoms with Gasteiger partial charge in [-0.1, -0.05) is 36.4 Å². The summed E-state index contributed by atoms with van der Waals surface area (Å²) >= 11 is 0. The quantitative estimate of drug-likeness (QED) is 0.429. The van der Waals surface area contributed by atoms with Gasteiger partial charge in [0.2, 0.25) is 5.91 Å². The van der Waals surface area contributed by atoms with Crippen molar-refractivity contribution in [3.05, 3.63) is 75.9 Å². The number of hydrogen-bond donors (Lipinski definition) is 0. The number of alkyl halides is 3. The fourth-order valence-corrected chi connectivity index (χ4v) is 4.91. The highest BCUT2D eigenvalue weighted by molar-refractivity contribution is 5.97. The van der Waals surface area contributed by atoms with E-state index in [-0.39, 0.29) is 18.0 Å². The van der Waals surface area contributed by atoms with Gasteiger partial charge in [0.15, 0.2) is 0 Å². The molecule has 0 spiro atoms. The summed E-state index contributed by atoms with van der Waals surface area (Å²) in [7, 11) is 3.77. The molecule has 0 aromatic heterocycles. The van der Waals surface area contributed by atoms with Crippen molar-refractivity contribution >= 4 is 12.0 Å². The molecular formula is C29H36F3N3O. The molecule has 36 heavy (non-hydrogen) atoms. The second kappa shape index (κ2) is 11.2. The van der Waals surface area contributed by atoms with Gasteiger partial charge in [0.1, 0.15) is 0 Å². The molecule has 1 aliphatic heterocycles. The number of hydrogen-bond acceptors (Lipinski definition) is 3. The predicted molar refractivity (Wildman–Crippen MR) is 137 cm³/mol. The van der Waals surface area contributed by atoms with Crippen molar-refractivity contribution in [3.8, 4) is 0 Å². The zero-order valence-electron chi connectivity index (χ0n) is 21.4. The molecule has 0 N–H and O–H groups in total. The first-order valence-electron chi connectivity index (χ1n) is 12.7. The van der Waals surface area contributed by atoms with Crippen LogP contribution in [0.2, 0.25) is 0 Å². The zero-order chi connectivity index (χ0) is 25.9. The second-order valence-corrected chi connectivity index (χ2v) is 10.4. The molecule has 2 aliphatic rings. The summed E-state index contributed by atoms with van der Waals surface area (Å²) in [5.41, 5.74) is 3.57. The van der Waals surface area contributed by atoms with Crippen molar-refractivity contribution in [2.45, 2.75) is 45.5 Å². The van der Waals surface area contributed by atoms with E-state index in [1.54, 1.807) is 13.0 Å². The highest BCUT2D eigenvalue weighted by atomic mass is 19.4. The molecule has 2 aromatic rings. The predicted octanol–water partition coefficient (Wildman–Crippen LogP) is 5.47. The van der Waals surface area contributed by atoms with Gasteiger partial charge in [-0.2, -0.15) is 13.2 Å². The van der Waals surface area contributed by atoms with Crippen LogP contribution >= 0.6 is 0 Å². The largest absolute Gasteiger partial charge is 0.416 e. The Morgan fingerprint density at radius 2 is 1.83 bits per heavy atom. The van der Waals surface area contributed by atoms with Crippen LogP contribution in [0.3, 0.4) is 0 Å². The Labute approximate surface area is 212 Å². The monoisotopic (exact) mass is 499 g/mol. The summed E-state index contributed by atoms with van der Waals surface area (Å²) in [6.45, 7) is 5.70. The van der Waals surface area contributed by atoms with Gasteiger partial charge in [-0.3, -0.25) is 9.69 Å². The molecule has 1 amide bonds. The van der Waals surface area contributed by atoms with E-state index in [0.29, 0.717) is 18.7 Å². The van der Waals surface area contributed by atoms with Crippen LogP contribution in [0.25, 0.3) is 6.08 Å². The van der Waals surface area contributed by atoms with Crippen LogP contribution in [-0.4, -0.2) is 60.9 Å². The number of nitrogens with zero attached hydrogens (tertiary/aromatic N) is 3. The van der Waals surface area contributed by atoms with E-state index in [9.17, 15) is 18.0 Å². The van der Waals surface area contributed by atoms with Gasteiger partial charge in [-0.25, -0.2) is 0 Å². The minimum absolute atomic E-state index is 0.0867. The van der Waals surface area contributed by atoms with E-state index in [1.807, 2.05) is 37.2 Å². The first-order valence-corrected chi connectivity index (χ1v) is 12.7. The lowest BCUT2D eigenvalue weighted by atomic mass is 9.93. The molecule has 1 heterocycles. The van der Waals surface area contributed by atoms with Crippen molar-refractivity contribution in [2.24, 2.45) is 5.92 Å².